The van der Waals surface area contributed by atoms with Crippen molar-refractivity contribution in [2.45, 2.75) is 19.3 Å². The van der Waals surface area contributed by atoms with E-state index in [2.05, 4.69) is 13.8 Å². The van der Waals surface area contributed by atoms with Crippen molar-refractivity contribution in [3.63, 3.8) is 0 Å². The van der Waals surface area contributed by atoms with Crippen molar-refractivity contribution >= 4 is 93.2 Å². The minimum absolute atomic E-state index is 0.129. The summed E-state index contributed by atoms with van der Waals surface area (Å²) in [5.74, 6) is -2.93. The van der Waals surface area contributed by atoms with Crippen molar-refractivity contribution in [1.29, 1.82) is 0 Å². The second kappa shape index (κ2) is 17.3. The highest BCUT2D eigenvalue weighted by Gasteiger charge is 2.42. The van der Waals surface area contributed by atoms with Crippen LogP contribution in [-0.4, -0.2) is 47.3 Å². The molecule has 0 radical (unpaired) electrons. The van der Waals surface area contributed by atoms with Crippen LogP contribution in [-0.2, 0) is 5.41 Å². The third kappa shape index (κ3) is 7.56. The van der Waals surface area contributed by atoms with E-state index in [0.717, 1.165) is 30.7 Å². The molecular formula is C59H34Cl2N4O10. The lowest BCUT2D eigenvalue weighted by Gasteiger charge is -2.26. The third-order valence-corrected chi connectivity index (χ3v) is 14.2. The lowest BCUT2D eigenvalue weighted by Crippen LogP contribution is -2.31. The average molecular weight is 1030 g/mol. The van der Waals surface area contributed by atoms with Crippen LogP contribution in [0.5, 0.6) is 23.0 Å². The van der Waals surface area contributed by atoms with Crippen molar-refractivity contribution in [3.05, 3.63) is 236 Å². The molecule has 0 bridgehead atoms. The van der Waals surface area contributed by atoms with Gasteiger partial charge in [0.25, 0.3) is 47.3 Å². The van der Waals surface area contributed by atoms with Crippen LogP contribution in [0, 0.1) is 0 Å². The van der Waals surface area contributed by atoms with E-state index in [-0.39, 0.29) is 67.3 Å². The van der Waals surface area contributed by atoms with Gasteiger partial charge in [-0.25, -0.2) is 19.6 Å². The summed E-state index contributed by atoms with van der Waals surface area (Å²) in [7, 11) is 0. The van der Waals surface area contributed by atoms with Gasteiger partial charge in [0.2, 0.25) is 0 Å². The molecule has 0 aromatic heterocycles. The maximum absolute atomic E-state index is 13.8. The van der Waals surface area contributed by atoms with Gasteiger partial charge >= 0.3 is 0 Å². The van der Waals surface area contributed by atoms with Crippen molar-refractivity contribution in [2.24, 2.45) is 0 Å². The fourth-order valence-electron chi connectivity index (χ4n) is 9.79. The van der Waals surface area contributed by atoms with Crippen LogP contribution in [0.4, 0.5) is 22.7 Å². The van der Waals surface area contributed by atoms with Crippen LogP contribution in [0.1, 0.15) is 108 Å². The molecule has 4 aliphatic rings. The average Bonchev–Trinajstić information content (AvgIpc) is 4.01. The Balaban J connectivity index is 0.697. The minimum Gasteiger partial charge on any atom is -0.457 e. The fraction of sp³-hybridized carbons (Fsp3) is 0.0508. The molecule has 0 saturated heterocycles. The van der Waals surface area contributed by atoms with Gasteiger partial charge in [-0.05, 0) is 145 Å². The lowest BCUT2D eigenvalue weighted by molar-refractivity contribution is 0.0908. The Kier molecular flexibility index (Phi) is 10.8. The van der Waals surface area contributed by atoms with Crippen LogP contribution < -0.4 is 29.1 Å². The molecule has 0 spiro atoms. The zero-order valence-electron chi connectivity index (χ0n) is 39.3. The molecule has 75 heavy (non-hydrogen) atoms. The highest BCUT2D eigenvalue weighted by molar-refractivity contribution is 6.39. The van der Waals surface area contributed by atoms with Crippen LogP contribution in [0.15, 0.2) is 170 Å². The van der Waals surface area contributed by atoms with Crippen molar-refractivity contribution in [2.75, 3.05) is 19.6 Å². The molecule has 0 unspecified atom stereocenters. The summed E-state index contributed by atoms with van der Waals surface area (Å²) in [5.41, 5.74) is 3.50. The first-order valence-electron chi connectivity index (χ1n) is 23.2. The summed E-state index contributed by atoms with van der Waals surface area (Å²) in [6.07, 6.45) is 0. The molecule has 8 amide bonds. The van der Waals surface area contributed by atoms with Gasteiger partial charge in [-0.3, -0.25) is 38.4 Å². The molecule has 8 aromatic rings. The maximum Gasteiger partial charge on any atom is 0.266 e. The number of amides is 8. The number of nitrogens with zero attached hydrogens (tertiary/aromatic N) is 4. The largest absolute Gasteiger partial charge is 0.457 e. The van der Waals surface area contributed by atoms with Crippen molar-refractivity contribution < 1.29 is 47.8 Å². The number of imide groups is 4. The van der Waals surface area contributed by atoms with Crippen LogP contribution >= 0.6 is 23.2 Å². The monoisotopic (exact) mass is 1030 g/mol. The standard InChI is InChI=1S/C59H34Cl2N4O10/c1-59(2,31-9-15-39(16-10-31)74-41-19-23-45-49(29-41)57(72)64(53(45)68)37-7-3-5-35(27-37)62-51(66)43-21-13-33(60)25-47(43)55(62)70)32-11-17-40(18-12-32)75-42-20-24-46-50(30-42)58(73)65(54(46)69)38-8-4-6-36(28-38)63-52(67)44-22-14-34(61)26-48(44)56(63)71/h3-30H,1-2H3. The molecule has 364 valence electrons. The summed E-state index contributed by atoms with van der Waals surface area (Å²) in [4.78, 5) is 112. The van der Waals surface area contributed by atoms with Crippen molar-refractivity contribution in [1.82, 2.24) is 0 Å². The number of ether oxygens (including phenoxy) is 2. The summed E-state index contributed by atoms with van der Waals surface area (Å²) < 4.78 is 12.4. The van der Waals surface area contributed by atoms with E-state index in [1.54, 1.807) is 48.5 Å². The molecule has 4 heterocycles. The van der Waals surface area contributed by atoms with Gasteiger partial charge in [0, 0.05) is 15.5 Å². The summed E-state index contributed by atoms with van der Waals surface area (Å²) >= 11 is 12.2. The second-order valence-electron chi connectivity index (χ2n) is 18.5. The Morgan fingerprint density at radius 3 is 0.893 bits per heavy atom. The molecule has 8 aromatic carbocycles. The molecule has 12 rings (SSSR count). The predicted octanol–water partition coefficient (Wildman–Crippen LogP) is 12.1. The Morgan fingerprint density at radius 2 is 0.573 bits per heavy atom. The topological polar surface area (TPSA) is 168 Å². The van der Waals surface area contributed by atoms with Crippen LogP contribution in [0.2, 0.25) is 10.0 Å². The molecule has 0 fully saturated rings. The summed E-state index contributed by atoms with van der Waals surface area (Å²) in [5, 5.41) is 0.615. The Hall–Kier alpha value is -9.50. The van der Waals surface area contributed by atoms with E-state index in [9.17, 15) is 38.4 Å². The van der Waals surface area contributed by atoms with Crippen LogP contribution in [0.25, 0.3) is 0 Å². The SMILES string of the molecule is CC(C)(c1ccc(Oc2ccc3c(c2)C(=O)N(c2cccc(N4C(=O)c5ccc(Cl)cc5C4=O)c2)C3=O)cc1)c1ccc(Oc2ccc3c(c2)C(=O)N(c2cccc(N4C(=O)c5ccc(Cl)cc5C4=O)c2)C3=O)cc1. The second-order valence-corrected chi connectivity index (χ2v) is 19.4. The minimum atomic E-state index is -0.595. The number of carbonyl (C=O) groups excluding carboxylic acids is 8. The molecule has 0 atom stereocenters. The molecule has 4 aliphatic heterocycles. The van der Waals surface area contributed by atoms with Gasteiger partial charge in [0.05, 0.1) is 67.3 Å². The van der Waals surface area contributed by atoms with E-state index in [4.69, 9.17) is 32.7 Å². The first kappa shape index (κ1) is 46.6. The molecule has 0 N–H and O–H groups in total. The highest BCUT2D eigenvalue weighted by atomic mass is 35.5. The van der Waals surface area contributed by atoms with E-state index < -0.39 is 52.7 Å². The lowest BCUT2D eigenvalue weighted by atomic mass is 9.78. The number of carbonyl (C=O) groups is 8. The molecule has 0 saturated carbocycles. The van der Waals surface area contributed by atoms with Gasteiger partial charge < -0.3 is 9.47 Å². The fourth-order valence-corrected chi connectivity index (χ4v) is 10.1. The molecule has 16 heteroatoms. The number of halogens is 2. The number of rotatable bonds is 10. The maximum atomic E-state index is 13.8. The number of hydrogen-bond donors (Lipinski definition) is 0. The van der Waals surface area contributed by atoms with Gasteiger partial charge in [-0.1, -0.05) is 73.4 Å². The number of hydrogen-bond acceptors (Lipinski definition) is 10. The van der Waals surface area contributed by atoms with Gasteiger partial charge in [-0.2, -0.15) is 0 Å². The van der Waals surface area contributed by atoms with Gasteiger partial charge in [-0.15, -0.1) is 0 Å². The summed E-state index contributed by atoms with van der Waals surface area (Å²) in [6, 6.07) is 45.3. The summed E-state index contributed by atoms with van der Waals surface area (Å²) in [6.45, 7) is 4.14. The zero-order chi connectivity index (χ0) is 52.2. The zero-order valence-corrected chi connectivity index (χ0v) is 40.8. The van der Waals surface area contributed by atoms with E-state index in [1.807, 2.05) is 48.5 Å². The highest BCUT2D eigenvalue weighted by Crippen LogP contribution is 2.40. The van der Waals surface area contributed by atoms with Crippen molar-refractivity contribution in [3.8, 4) is 23.0 Å². The number of fused-ring (bicyclic) bond motifs is 4. The first-order valence-corrected chi connectivity index (χ1v) is 24.0. The number of benzene rings is 8. The predicted molar refractivity (Wildman–Crippen MR) is 278 cm³/mol. The van der Waals surface area contributed by atoms with E-state index in [0.29, 0.717) is 33.0 Å². The quantitative estimate of drug-likeness (QED) is 0.120. The van der Waals surface area contributed by atoms with Crippen LogP contribution in [0.3, 0.4) is 0 Å². The Morgan fingerprint density at radius 1 is 0.307 bits per heavy atom. The van der Waals surface area contributed by atoms with E-state index >= 15 is 0 Å². The number of anilines is 4. The molecule has 14 nitrogen and oxygen atoms in total. The smallest absolute Gasteiger partial charge is 0.266 e. The Labute approximate surface area is 436 Å². The first-order chi connectivity index (χ1) is 36.0. The normalized spacial score (nSPS) is 14.8. The third-order valence-electron chi connectivity index (χ3n) is 13.7. The molecular weight excluding hydrogens is 996 g/mol. The van der Waals surface area contributed by atoms with Gasteiger partial charge in [0.15, 0.2) is 0 Å². The molecule has 0 aliphatic carbocycles. The Bertz CT molecular complexity index is 3680. The van der Waals surface area contributed by atoms with E-state index in [1.165, 1.54) is 72.8 Å². The van der Waals surface area contributed by atoms with Gasteiger partial charge in [0.1, 0.15) is 23.0 Å².